The second-order valence-electron chi connectivity index (χ2n) is 11.6. The number of nitrogens with zero attached hydrogens (tertiary/aromatic N) is 6. The molecule has 0 spiro atoms. The summed E-state index contributed by atoms with van der Waals surface area (Å²) in [5.74, 6) is -0.195. The topological polar surface area (TPSA) is 120 Å². The van der Waals surface area contributed by atoms with E-state index in [4.69, 9.17) is 4.74 Å². The number of anilines is 2. The Hall–Kier alpha value is -5.31. The Morgan fingerprint density at radius 1 is 0.957 bits per heavy atom. The monoisotopic (exact) mass is 644 g/mol. The molecule has 7 rings (SSSR count). The summed E-state index contributed by atoms with van der Waals surface area (Å²) in [5.41, 5.74) is 1.08. The summed E-state index contributed by atoms with van der Waals surface area (Å²) >= 11 is 0. The number of hydrogen-bond acceptors (Lipinski definition) is 9. The van der Waals surface area contributed by atoms with Gasteiger partial charge in [0.1, 0.15) is 10.6 Å². The number of sulfonamides is 1. The van der Waals surface area contributed by atoms with Crippen LogP contribution in [-0.4, -0.2) is 61.5 Å². The van der Waals surface area contributed by atoms with Gasteiger partial charge in [-0.2, -0.15) is 5.26 Å². The SMILES string of the molecule is CCOc1ccccc1C1(N2CCN(c3ccncc3)C(C)C2)C(=O)N(S(=O)(=O)c2cccc3cccnc23)c2ccc(C#N)cc21. The van der Waals surface area contributed by atoms with Crippen LogP contribution in [0, 0.1) is 11.3 Å². The van der Waals surface area contributed by atoms with Crippen molar-refractivity contribution in [3.63, 3.8) is 0 Å². The van der Waals surface area contributed by atoms with Gasteiger partial charge in [0.25, 0.3) is 15.9 Å². The Balaban J connectivity index is 1.47. The standard InChI is InChI=1S/C36H32N6O4S/c1-3-46-32-11-5-4-10-29(32)36(40-20-21-41(25(2)24-40)28-15-18-38-19-16-28)30-22-26(23-37)13-14-31(30)42(35(36)43)47(44,45)33-12-6-8-27-9-7-17-39-34(27)33/h4-19,22,25H,3,20-21,24H2,1-2H3. The summed E-state index contributed by atoms with van der Waals surface area (Å²) in [4.78, 5) is 28.3. The van der Waals surface area contributed by atoms with E-state index in [1.54, 1.807) is 60.9 Å². The number of para-hydroxylation sites is 2. The molecule has 0 N–H and O–H groups in total. The van der Waals surface area contributed by atoms with Crippen molar-refractivity contribution in [2.24, 2.45) is 0 Å². The Labute approximate surface area is 273 Å². The summed E-state index contributed by atoms with van der Waals surface area (Å²) in [6.07, 6.45) is 5.03. The number of rotatable bonds is 7. The molecule has 236 valence electrons. The number of ether oxygens (including phenoxy) is 1. The molecular weight excluding hydrogens is 613 g/mol. The van der Waals surface area contributed by atoms with Crippen LogP contribution in [0.25, 0.3) is 10.9 Å². The van der Waals surface area contributed by atoms with Gasteiger partial charge in [-0.05, 0) is 62.4 Å². The van der Waals surface area contributed by atoms with Crippen LogP contribution >= 0.6 is 0 Å². The lowest BCUT2D eigenvalue weighted by molar-refractivity contribution is -0.127. The second-order valence-corrected chi connectivity index (χ2v) is 13.3. The molecule has 0 aliphatic carbocycles. The fourth-order valence-corrected chi connectivity index (χ4v) is 8.66. The number of carbonyl (C=O) groups excluding carboxylic acids is 1. The number of hydrogen-bond donors (Lipinski definition) is 0. The van der Waals surface area contributed by atoms with Crippen molar-refractivity contribution in [3.05, 3.63) is 120 Å². The third-order valence-electron chi connectivity index (χ3n) is 9.02. The van der Waals surface area contributed by atoms with Gasteiger partial charge in [0, 0.05) is 66.5 Å². The molecular formula is C36H32N6O4S. The van der Waals surface area contributed by atoms with Gasteiger partial charge >= 0.3 is 0 Å². The van der Waals surface area contributed by atoms with E-state index >= 15 is 4.79 Å². The Morgan fingerprint density at radius 2 is 1.74 bits per heavy atom. The Bertz CT molecular complexity index is 2150. The molecule has 1 fully saturated rings. The van der Waals surface area contributed by atoms with E-state index in [0.29, 0.717) is 54.1 Å². The lowest BCUT2D eigenvalue weighted by Gasteiger charge is -2.48. The van der Waals surface area contributed by atoms with Gasteiger partial charge in [-0.15, -0.1) is 0 Å². The highest BCUT2D eigenvalue weighted by Crippen LogP contribution is 2.53. The molecule has 2 unspecified atom stereocenters. The van der Waals surface area contributed by atoms with Gasteiger partial charge < -0.3 is 9.64 Å². The van der Waals surface area contributed by atoms with E-state index in [9.17, 15) is 13.7 Å². The number of piperazine rings is 1. The normalized spacial score (nSPS) is 19.9. The number of carbonyl (C=O) groups is 1. The van der Waals surface area contributed by atoms with Crippen molar-refractivity contribution in [2.45, 2.75) is 30.3 Å². The van der Waals surface area contributed by atoms with Crippen molar-refractivity contribution in [1.82, 2.24) is 14.9 Å². The smallest absolute Gasteiger partial charge is 0.273 e. The Kier molecular flexibility index (Phi) is 7.62. The van der Waals surface area contributed by atoms with E-state index in [1.807, 2.05) is 42.2 Å². The zero-order valence-corrected chi connectivity index (χ0v) is 26.8. The summed E-state index contributed by atoms with van der Waals surface area (Å²) in [5, 5.41) is 10.7. The zero-order valence-electron chi connectivity index (χ0n) is 25.9. The van der Waals surface area contributed by atoms with Gasteiger partial charge in [0.05, 0.1) is 29.4 Å². The third-order valence-corrected chi connectivity index (χ3v) is 10.7. The van der Waals surface area contributed by atoms with Gasteiger partial charge in [0.15, 0.2) is 5.54 Å². The number of aromatic nitrogens is 2. The molecule has 11 heteroatoms. The van der Waals surface area contributed by atoms with Crippen LogP contribution in [0.2, 0.25) is 0 Å². The van der Waals surface area contributed by atoms with Gasteiger partial charge in [-0.3, -0.25) is 19.7 Å². The predicted octanol–water partition coefficient (Wildman–Crippen LogP) is 5.09. The molecule has 1 amide bonds. The fraction of sp³-hybridized carbons (Fsp3) is 0.222. The van der Waals surface area contributed by atoms with Crippen LogP contribution in [0.1, 0.15) is 30.5 Å². The molecule has 2 atom stereocenters. The molecule has 5 aromatic rings. The molecule has 0 radical (unpaired) electrons. The molecule has 2 aliphatic heterocycles. The highest BCUT2D eigenvalue weighted by atomic mass is 32.2. The molecule has 0 saturated carbocycles. The maximum absolute atomic E-state index is 15.5. The van der Waals surface area contributed by atoms with Crippen molar-refractivity contribution < 1.29 is 17.9 Å². The third kappa shape index (κ3) is 4.71. The molecule has 4 heterocycles. The maximum Gasteiger partial charge on any atom is 0.273 e. The van der Waals surface area contributed by atoms with Crippen LogP contribution in [0.5, 0.6) is 5.75 Å². The minimum Gasteiger partial charge on any atom is -0.493 e. The molecule has 0 bridgehead atoms. The van der Waals surface area contributed by atoms with Gasteiger partial charge in [0.2, 0.25) is 0 Å². The van der Waals surface area contributed by atoms with E-state index in [-0.39, 0.29) is 22.1 Å². The van der Waals surface area contributed by atoms with E-state index in [1.165, 1.54) is 12.3 Å². The first kappa shape index (κ1) is 30.3. The van der Waals surface area contributed by atoms with Crippen molar-refractivity contribution in [3.8, 4) is 11.8 Å². The number of nitriles is 1. The van der Waals surface area contributed by atoms with Crippen molar-refractivity contribution >= 4 is 38.2 Å². The zero-order chi connectivity index (χ0) is 32.8. The van der Waals surface area contributed by atoms with Crippen LogP contribution < -0.4 is 13.9 Å². The lowest BCUT2D eigenvalue weighted by Crippen LogP contribution is -2.62. The highest BCUT2D eigenvalue weighted by Gasteiger charge is 2.61. The largest absolute Gasteiger partial charge is 0.493 e. The summed E-state index contributed by atoms with van der Waals surface area (Å²) in [6.45, 7) is 5.67. The predicted molar refractivity (Wildman–Crippen MR) is 179 cm³/mol. The van der Waals surface area contributed by atoms with Crippen molar-refractivity contribution in [1.29, 1.82) is 5.26 Å². The quantitative estimate of drug-likeness (QED) is 0.239. The molecule has 10 nitrogen and oxygen atoms in total. The average Bonchev–Trinajstić information content (AvgIpc) is 3.37. The van der Waals surface area contributed by atoms with Crippen LogP contribution in [0.4, 0.5) is 11.4 Å². The van der Waals surface area contributed by atoms with Gasteiger partial charge in [-0.1, -0.05) is 36.4 Å². The summed E-state index contributed by atoms with van der Waals surface area (Å²) < 4.78 is 36.7. The fourth-order valence-electron chi connectivity index (χ4n) is 7.03. The molecule has 1 saturated heterocycles. The minimum absolute atomic E-state index is 0.0643. The van der Waals surface area contributed by atoms with Crippen LogP contribution in [0.3, 0.4) is 0 Å². The van der Waals surface area contributed by atoms with Crippen LogP contribution in [-0.2, 0) is 20.4 Å². The first-order chi connectivity index (χ1) is 22.8. The number of benzene rings is 3. The maximum atomic E-state index is 15.5. The summed E-state index contributed by atoms with van der Waals surface area (Å²) in [6, 6.07) is 26.5. The highest BCUT2D eigenvalue weighted by molar-refractivity contribution is 7.93. The van der Waals surface area contributed by atoms with E-state index in [2.05, 4.69) is 27.9 Å². The molecule has 47 heavy (non-hydrogen) atoms. The molecule has 3 aromatic carbocycles. The molecule has 2 aromatic heterocycles. The van der Waals surface area contributed by atoms with Gasteiger partial charge in [-0.25, -0.2) is 12.7 Å². The number of pyridine rings is 2. The second kappa shape index (κ2) is 11.8. The van der Waals surface area contributed by atoms with E-state index < -0.39 is 21.5 Å². The number of fused-ring (bicyclic) bond motifs is 2. The minimum atomic E-state index is -4.50. The van der Waals surface area contributed by atoms with E-state index in [0.717, 1.165) is 9.99 Å². The van der Waals surface area contributed by atoms with Crippen LogP contribution in [0.15, 0.2) is 108 Å². The average molecular weight is 645 g/mol. The Morgan fingerprint density at radius 3 is 2.51 bits per heavy atom. The van der Waals surface area contributed by atoms with Crippen molar-refractivity contribution in [2.75, 3.05) is 35.4 Å². The number of amides is 1. The first-order valence-corrected chi connectivity index (χ1v) is 16.9. The lowest BCUT2D eigenvalue weighted by atomic mass is 9.80. The first-order valence-electron chi connectivity index (χ1n) is 15.4. The summed E-state index contributed by atoms with van der Waals surface area (Å²) in [7, 11) is -4.50. The molecule has 2 aliphatic rings.